The summed E-state index contributed by atoms with van der Waals surface area (Å²) in [6.45, 7) is 21.3. The van der Waals surface area contributed by atoms with E-state index in [-0.39, 0.29) is 28.8 Å². The van der Waals surface area contributed by atoms with Crippen molar-refractivity contribution in [3.05, 3.63) is 34.4 Å². The Morgan fingerprint density at radius 3 is 1.61 bits per heavy atom. The van der Waals surface area contributed by atoms with E-state index in [1.165, 1.54) is 16.7 Å². The molecule has 0 N–H and O–H groups in total. The van der Waals surface area contributed by atoms with Crippen LogP contribution in [-0.2, 0) is 20.4 Å². The Morgan fingerprint density at radius 2 is 1.30 bits per heavy atom. The minimum atomic E-state index is -0.250. The average molecular weight is 319 g/mol. The van der Waals surface area contributed by atoms with Crippen molar-refractivity contribution < 1.29 is 9.53 Å². The highest BCUT2D eigenvalue weighted by Crippen LogP contribution is 2.36. The minimum absolute atomic E-state index is 0.0434. The van der Waals surface area contributed by atoms with Crippen molar-refractivity contribution in [3.8, 4) is 0 Å². The van der Waals surface area contributed by atoms with Gasteiger partial charge >= 0.3 is 5.97 Å². The first-order chi connectivity index (χ1) is 10.2. The monoisotopic (exact) mass is 318 g/mol. The Labute approximate surface area is 142 Å². The molecule has 0 saturated carbocycles. The second kappa shape index (κ2) is 6.67. The number of rotatable bonds is 3. The predicted molar refractivity (Wildman–Crippen MR) is 98.2 cm³/mol. The van der Waals surface area contributed by atoms with Crippen LogP contribution in [0.2, 0.25) is 0 Å². The Morgan fingerprint density at radius 1 is 0.913 bits per heavy atom. The van der Waals surface area contributed by atoms with Gasteiger partial charge < -0.3 is 4.74 Å². The van der Waals surface area contributed by atoms with Gasteiger partial charge in [0.05, 0.1) is 12.0 Å². The molecule has 1 atom stereocenters. The highest BCUT2D eigenvalue weighted by molar-refractivity contribution is 5.78. The van der Waals surface area contributed by atoms with Crippen LogP contribution in [0.5, 0.6) is 0 Å². The Balaban J connectivity index is 3.47. The summed E-state index contributed by atoms with van der Waals surface area (Å²) in [6, 6.07) is 4.38. The first-order valence-electron chi connectivity index (χ1n) is 8.61. The van der Waals surface area contributed by atoms with Gasteiger partial charge in [0, 0.05) is 0 Å². The topological polar surface area (TPSA) is 26.3 Å². The number of hydrogen-bond acceptors (Lipinski definition) is 2. The molecule has 0 spiro atoms. The fourth-order valence-corrected chi connectivity index (χ4v) is 3.02. The molecular weight excluding hydrogens is 284 g/mol. The van der Waals surface area contributed by atoms with E-state index < -0.39 is 0 Å². The molecule has 0 aliphatic heterocycles. The van der Waals surface area contributed by atoms with E-state index in [9.17, 15) is 4.79 Å². The van der Waals surface area contributed by atoms with Crippen molar-refractivity contribution >= 4 is 5.97 Å². The average Bonchev–Trinajstić information content (AvgIpc) is 2.34. The molecule has 0 aliphatic carbocycles. The van der Waals surface area contributed by atoms with E-state index in [0.717, 1.165) is 5.56 Å². The maximum absolute atomic E-state index is 12.3. The highest BCUT2D eigenvalue weighted by Gasteiger charge is 2.27. The van der Waals surface area contributed by atoms with Gasteiger partial charge in [0.1, 0.15) is 0 Å². The van der Waals surface area contributed by atoms with Crippen LogP contribution in [0.15, 0.2) is 12.1 Å². The van der Waals surface area contributed by atoms with E-state index in [0.29, 0.717) is 0 Å². The summed E-state index contributed by atoms with van der Waals surface area (Å²) in [6.07, 6.45) is -0.0837. The number of hydrogen-bond donors (Lipinski definition) is 0. The largest absolute Gasteiger partial charge is 0.463 e. The number of benzene rings is 1. The molecule has 1 unspecified atom stereocenters. The van der Waals surface area contributed by atoms with Crippen LogP contribution in [0.25, 0.3) is 0 Å². The lowest BCUT2D eigenvalue weighted by Gasteiger charge is -2.30. The van der Waals surface area contributed by atoms with E-state index in [2.05, 4.69) is 60.6 Å². The Bertz CT molecular complexity index is 533. The van der Waals surface area contributed by atoms with Gasteiger partial charge in [-0.05, 0) is 60.8 Å². The fraction of sp³-hybridized carbons (Fsp3) is 0.667. The second-order valence-electron chi connectivity index (χ2n) is 8.95. The van der Waals surface area contributed by atoms with E-state index >= 15 is 0 Å². The lowest BCUT2D eigenvalue weighted by atomic mass is 9.74. The van der Waals surface area contributed by atoms with Crippen LogP contribution < -0.4 is 0 Å². The number of ether oxygens (including phenoxy) is 1. The molecule has 1 rings (SSSR count). The summed E-state index contributed by atoms with van der Waals surface area (Å²) in [5.41, 5.74) is 5.09. The number of carbonyl (C=O) groups excluding carboxylic acids is 1. The van der Waals surface area contributed by atoms with Crippen LogP contribution >= 0.6 is 0 Å². The summed E-state index contributed by atoms with van der Waals surface area (Å²) in [5.74, 6) is -0.399. The molecule has 0 heterocycles. The minimum Gasteiger partial charge on any atom is -0.463 e. The summed E-state index contributed by atoms with van der Waals surface area (Å²) in [5, 5.41) is 0. The molecule has 0 amide bonds. The zero-order valence-electron chi connectivity index (χ0n) is 16.6. The highest BCUT2D eigenvalue weighted by atomic mass is 16.5. The van der Waals surface area contributed by atoms with Gasteiger partial charge in [-0.25, -0.2) is 0 Å². The van der Waals surface area contributed by atoms with Crippen LogP contribution in [0.4, 0.5) is 0 Å². The van der Waals surface area contributed by atoms with Crippen LogP contribution in [0.1, 0.15) is 90.5 Å². The molecule has 0 aliphatic rings. The van der Waals surface area contributed by atoms with E-state index in [1.54, 1.807) is 0 Å². The maximum atomic E-state index is 12.3. The standard InChI is InChI=1S/C21H34O2/c1-13(2)23-19(22)14(3)16-11-17(20(5,6)7)15(4)18(12-16)21(8,9)10/h11-14H,1-10H3. The van der Waals surface area contributed by atoms with E-state index in [1.807, 2.05) is 20.8 Å². The Kier molecular flexibility index (Phi) is 5.72. The van der Waals surface area contributed by atoms with Gasteiger partial charge in [-0.1, -0.05) is 53.7 Å². The molecule has 0 aromatic heterocycles. The summed E-state index contributed by atoms with van der Waals surface area (Å²) < 4.78 is 5.41. The van der Waals surface area contributed by atoms with Crippen molar-refractivity contribution in [1.82, 2.24) is 0 Å². The van der Waals surface area contributed by atoms with Crippen molar-refractivity contribution in [2.45, 2.75) is 92.1 Å². The van der Waals surface area contributed by atoms with Crippen molar-refractivity contribution in [2.75, 3.05) is 0 Å². The molecule has 0 radical (unpaired) electrons. The number of carbonyl (C=O) groups is 1. The number of esters is 1. The molecule has 2 heteroatoms. The molecule has 23 heavy (non-hydrogen) atoms. The molecular formula is C21H34O2. The smallest absolute Gasteiger partial charge is 0.313 e. The lowest BCUT2D eigenvalue weighted by molar-refractivity contribution is -0.148. The van der Waals surface area contributed by atoms with Crippen molar-refractivity contribution in [1.29, 1.82) is 0 Å². The lowest BCUT2D eigenvalue weighted by Crippen LogP contribution is -2.23. The second-order valence-corrected chi connectivity index (χ2v) is 8.95. The molecule has 0 saturated heterocycles. The van der Waals surface area contributed by atoms with Crippen molar-refractivity contribution in [2.24, 2.45) is 0 Å². The molecule has 1 aromatic carbocycles. The molecule has 1 aromatic rings. The third-order valence-corrected chi connectivity index (χ3v) is 4.25. The SMILES string of the molecule is Cc1c(C(C)(C)C)cc(C(C)C(=O)OC(C)C)cc1C(C)(C)C. The summed E-state index contributed by atoms with van der Waals surface area (Å²) in [4.78, 5) is 12.3. The third-order valence-electron chi connectivity index (χ3n) is 4.25. The predicted octanol–water partition coefficient (Wildman–Crippen LogP) is 5.65. The van der Waals surface area contributed by atoms with Gasteiger partial charge in [0.2, 0.25) is 0 Å². The van der Waals surface area contributed by atoms with Gasteiger partial charge in [-0.2, -0.15) is 0 Å². The van der Waals surface area contributed by atoms with Crippen LogP contribution in [-0.4, -0.2) is 12.1 Å². The summed E-state index contributed by atoms with van der Waals surface area (Å²) in [7, 11) is 0. The Hall–Kier alpha value is -1.31. The first-order valence-corrected chi connectivity index (χ1v) is 8.61. The zero-order chi connectivity index (χ0) is 18.2. The zero-order valence-corrected chi connectivity index (χ0v) is 16.6. The third kappa shape index (κ3) is 4.83. The van der Waals surface area contributed by atoms with E-state index in [4.69, 9.17) is 4.74 Å². The van der Waals surface area contributed by atoms with Crippen molar-refractivity contribution in [3.63, 3.8) is 0 Å². The van der Waals surface area contributed by atoms with Gasteiger partial charge in [0.25, 0.3) is 0 Å². The first kappa shape index (κ1) is 19.7. The van der Waals surface area contributed by atoms with Crippen LogP contribution in [0, 0.1) is 6.92 Å². The summed E-state index contributed by atoms with van der Waals surface area (Å²) >= 11 is 0. The van der Waals surface area contributed by atoms with Gasteiger partial charge in [-0.3, -0.25) is 4.79 Å². The van der Waals surface area contributed by atoms with Crippen LogP contribution in [0.3, 0.4) is 0 Å². The molecule has 130 valence electrons. The molecule has 0 fully saturated rings. The van der Waals surface area contributed by atoms with Gasteiger partial charge in [0.15, 0.2) is 0 Å². The fourth-order valence-electron chi connectivity index (χ4n) is 3.02. The quantitative estimate of drug-likeness (QED) is 0.674. The normalized spacial score (nSPS) is 14.0. The molecule has 0 bridgehead atoms. The maximum Gasteiger partial charge on any atom is 0.313 e. The molecule has 2 nitrogen and oxygen atoms in total. The van der Waals surface area contributed by atoms with Gasteiger partial charge in [-0.15, -0.1) is 0 Å².